The fourth-order valence-electron chi connectivity index (χ4n) is 3.31. The van der Waals surface area contributed by atoms with Crippen molar-refractivity contribution in [3.8, 4) is 5.75 Å². The average molecular weight is 459 g/mol. The van der Waals surface area contributed by atoms with E-state index in [1.54, 1.807) is 31.4 Å². The first-order valence-corrected chi connectivity index (χ1v) is 9.95. The van der Waals surface area contributed by atoms with E-state index in [0.29, 0.717) is 24.4 Å². The van der Waals surface area contributed by atoms with Gasteiger partial charge in [-0.3, -0.25) is 9.59 Å². The van der Waals surface area contributed by atoms with Crippen molar-refractivity contribution < 1.29 is 19.4 Å². The van der Waals surface area contributed by atoms with Crippen LogP contribution in [-0.4, -0.2) is 60.9 Å². The second-order valence-corrected chi connectivity index (χ2v) is 7.99. The Hall–Kier alpha value is -2.64. The number of Topliss-reactive ketones (excluding diaryl/α,β-unsaturated/α-hetero) is 1. The molecular weight excluding hydrogens is 436 g/mol. The SMILES string of the molecule is COc1ccc(C(O)=C2C(=O)C(=O)N(CCN(C)C)[C@H]2c2ccc(Br)cc2)cc1. The Balaban J connectivity index is 2.11. The van der Waals surface area contributed by atoms with Crippen molar-refractivity contribution in [2.45, 2.75) is 6.04 Å². The molecule has 1 aliphatic heterocycles. The van der Waals surface area contributed by atoms with E-state index < -0.39 is 17.7 Å². The van der Waals surface area contributed by atoms with Gasteiger partial charge in [-0.1, -0.05) is 28.1 Å². The minimum absolute atomic E-state index is 0.0984. The number of benzene rings is 2. The summed E-state index contributed by atoms with van der Waals surface area (Å²) in [5, 5.41) is 11.0. The zero-order chi connectivity index (χ0) is 21.1. The number of nitrogens with zero attached hydrogens (tertiary/aromatic N) is 2. The van der Waals surface area contributed by atoms with Gasteiger partial charge in [0.1, 0.15) is 11.5 Å². The number of ether oxygens (including phenoxy) is 1. The topological polar surface area (TPSA) is 70.1 Å². The Bertz CT molecular complexity index is 936. The third-order valence-corrected chi connectivity index (χ3v) is 5.41. The van der Waals surface area contributed by atoms with Gasteiger partial charge >= 0.3 is 0 Å². The van der Waals surface area contributed by atoms with Crippen LogP contribution in [0.2, 0.25) is 0 Å². The molecule has 29 heavy (non-hydrogen) atoms. The van der Waals surface area contributed by atoms with E-state index in [1.807, 2.05) is 43.3 Å². The summed E-state index contributed by atoms with van der Waals surface area (Å²) in [5.41, 5.74) is 1.32. The van der Waals surface area contributed by atoms with Gasteiger partial charge in [-0.15, -0.1) is 0 Å². The number of carbonyl (C=O) groups excluding carboxylic acids is 2. The molecule has 0 radical (unpaired) electrons. The third-order valence-electron chi connectivity index (χ3n) is 4.88. The van der Waals surface area contributed by atoms with E-state index in [-0.39, 0.29) is 11.3 Å². The number of hydrogen-bond donors (Lipinski definition) is 1. The molecule has 1 heterocycles. The molecule has 7 heteroatoms. The van der Waals surface area contributed by atoms with Crippen LogP contribution >= 0.6 is 15.9 Å². The van der Waals surface area contributed by atoms with Crippen molar-refractivity contribution in [3.05, 3.63) is 69.7 Å². The Labute approximate surface area is 178 Å². The Kier molecular flexibility index (Phi) is 6.39. The number of rotatable bonds is 6. The Morgan fingerprint density at radius 3 is 2.28 bits per heavy atom. The van der Waals surface area contributed by atoms with E-state index in [9.17, 15) is 14.7 Å². The van der Waals surface area contributed by atoms with Gasteiger partial charge in [0.2, 0.25) is 0 Å². The van der Waals surface area contributed by atoms with Gasteiger partial charge in [-0.25, -0.2) is 0 Å². The van der Waals surface area contributed by atoms with Gasteiger partial charge in [-0.2, -0.15) is 0 Å². The number of carbonyl (C=O) groups is 2. The van der Waals surface area contributed by atoms with Crippen molar-refractivity contribution >= 4 is 33.4 Å². The molecule has 2 aromatic carbocycles. The minimum Gasteiger partial charge on any atom is -0.507 e. The first kappa shape index (κ1) is 21.1. The largest absolute Gasteiger partial charge is 0.507 e. The van der Waals surface area contributed by atoms with Crippen LogP contribution in [0, 0.1) is 0 Å². The summed E-state index contributed by atoms with van der Waals surface area (Å²) >= 11 is 3.41. The summed E-state index contributed by atoms with van der Waals surface area (Å²) in [4.78, 5) is 29.2. The van der Waals surface area contributed by atoms with Crippen LogP contribution in [0.1, 0.15) is 17.2 Å². The lowest BCUT2D eigenvalue weighted by Gasteiger charge is -2.26. The number of likely N-dealkylation sites (tertiary alicyclic amines) is 1. The van der Waals surface area contributed by atoms with Gasteiger partial charge in [0.25, 0.3) is 11.7 Å². The van der Waals surface area contributed by atoms with E-state index in [1.165, 1.54) is 4.90 Å². The van der Waals surface area contributed by atoms with Gasteiger partial charge in [0.05, 0.1) is 18.7 Å². The fraction of sp³-hybridized carbons (Fsp3) is 0.273. The molecule has 1 aliphatic rings. The molecule has 0 aromatic heterocycles. The summed E-state index contributed by atoms with van der Waals surface area (Å²) < 4.78 is 6.04. The van der Waals surface area contributed by atoms with Crippen molar-refractivity contribution in [3.63, 3.8) is 0 Å². The normalized spacial score (nSPS) is 18.5. The highest BCUT2D eigenvalue weighted by Gasteiger charge is 2.45. The maximum absolute atomic E-state index is 12.9. The predicted octanol–water partition coefficient (Wildman–Crippen LogP) is 3.44. The van der Waals surface area contributed by atoms with Crippen LogP contribution in [-0.2, 0) is 9.59 Å². The number of methoxy groups -OCH3 is 1. The molecule has 1 N–H and O–H groups in total. The van der Waals surface area contributed by atoms with Gasteiger partial charge < -0.3 is 19.6 Å². The Morgan fingerprint density at radius 1 is 1.10 bits per heavy atom. The first-order valence-electron chi connectivity index (χ1n) is 9.16. The second-order valence-electron chi connectivity index (χ2n) is 7.08. The molecule has 0 spiro atoms. The highest BCUT2D eigenvalue weighted by atomic mass is 79.9. The number of halogens is 1. The number of likely N-dealkylation sites (N-methyl/N-ethyl adjacent to an activating group) is 1. The number of aliphatic hydroxyl groups is 1. The predicted molar refractivity (Wildman–Crippen MR) is 115 cm³/mol. The van der Waals surface area contributed by atoms with Crippen LogP contribution in [0.15, 0.2) is 58.6 Å². The van der Waals surface area contributed by atoms with Crippen LogP contribution < -0.4 is 4.74 Å². The minimum atomic E-state index is -0.676. The maximum atomic E-state index is 12.9. The van der Waals surface area contributed by atoms with Crippen LogP contribution in [0.5, 0.6) is 5.75 Å². The van der Waals surface area contributed by atoms with E-state index in [4.69, 9.17) is 4.74 Å². The fourth-order valence-corrected chi connectivity index (χ4v) is 3.58. The summed E-state index contributed by atoms with van der Waals surface area (Å²) in [7, 11) is 5.36. The molecule has 2 aromatic rings. The lowest BCUT2D eigenvalue weighted by molar-refractivity contribution is -0.140. The number of ketones is 1. The molecule has 1 atom stereocenters. The molecule has 0 unspecified atom stereocenters. The number of hydrogen-bond acceptors (Lipinski definition) is 5. The van der Waals surface area contributed by atoms with Crippen LogP contribution in [0.3, 0.4) is 0 Å². The number of aliphatic hydroxyl groups excluding tert-OH is 1. The molecule has 1 saturated heterocycles. The van der Waals surface area contributed by atoms with Gasteiger partial charge in [0.15, 0.2) is 0 Å². The molecule has 0 aliphatic carbocycles. The van der Waals surface area contributed by atoms with E-state index >= 15 is 0 Å². The first-order chi connectivity index (χ1) is 13.8. The van der Waals surface area contributed by atoms with Crippen LogP contribution in [0.25, 0.3) is 5.76 Å². The lowest BCUT2D eigenvalue weighted by Crippen LogP contribution is -2.35. The summed E-state index contributed by atoms with van der Waals surface area (Å²) in [5.74, 6) is -0.830. The standard InChI is InChI=1S/C22H23BrN2O4/c1-24(2)12-13-25-19(14-4-8-16(23)9-5-14)18(21(27)22(25)28)20(26)15-6-10-17(29-3)11-7-15/h4-11,19,26H,12-13H2,1-3H3/t19-/m0/s1. The average Bonchev–Trinajstić information content (AvgIpc) is 2.97. The summed E-state index contributed by atoms with van der Waals surface area (Å²) in [6.45, 7) is 0.973. The number of amides is 1. The monoisotopic (exact) mass is 458 g/mol. The van der Waals surface area contributed by atoms with Crippen molar-refractivity contribution in [2.24, 2.45) is 0 Å². The quantitative estimate of drug-likeness (QED) is 0.407. The van der Waals surface area contributed by atoms with E-state index in [2.05, 4.69) is 15.9 Å². The summed E-state index contributed by atoms with van der Waals surface area (Å²) in [6.07, 6.45) is 0. The molecule has 1 fully saturated rings. The second kappa shape index (κ2) is 8.80. The molecule has 0 saturated carbocycles. The van der Waals surface area contributed by atoms with Crippen LogP contribution in [0.4, 0.5) is 0 Å². The van der Waals surface area contributed by atoms with Crippen molar-refractivity contribution in [1.29, 1.82) is 0 Å². The van der Waals surface area contributed by atoms with Gasteiger partial charge in [-0.05, 0) is 56.1 Å². The molecule has 6 nitrogen and oxygen atoms in total. The molecule has 152 valence electrons. The van der Waals surface area contributed by atoms with Crippen molar-refractivity contribution in [1.82, 2.24) is 9.80 Å². The van der Waals surface area contributed by atoms with Gasteiger partial charge in [0, 0.05) is 23.1 Å². The summed E-state index contributed by atoms with van der Waals surface area (Å²) in [6, 6.07) is 13.5. The molecule has 1 amide bonds. The molecular formula is C22H23BrN2O4. The third kappa shape index (κ3) is 4.36. The lowest BCUT2D eigenvalue weighted by atomic mass is 9.95. The Morgan fingerprint density at radius 2 is 1.72 bits per heavy atom. The maximum Gasteiger partial charge on any atom is 0.295 e. The smallest absolute Gasteiger partial charge is 0.295 e. The van der Waals surface area contributed by atoms with E-state index in [0.717, 1.165) is 10.0 Å². The molecule has 0 bridgehead atoms. The zero-order valence-corrected chi connectivity index (χ0v) is 18.1. The molecule has 3 rings (SSSR count). The highest BCUT2D eigenvalue weighted by molar-refractivity contribution is 9.10. The zero-order valence-electron chi connectivity index (χ0n) is 16.6. The highest BCUT2D eigenvalue weighted by Crippen LogP contribution is 2.39. The van der Waals surface area contributed by atoms with Crippen molar-refractivity contribution in [2.75, 3.05) is 34.3 Å².